The molecular weight excluding hydrogens is 246 g/mol. The van der Waals surface area contributed by atoms with Gasteiger partial charge in [-0.25, -0.2) is 0 Å². The smallest absolute Gasteiger partial charge is 0.0454 e. The molecule has 0 saturated heterocycles. The van der Waals surface area contributed by atoms with Crippen molar-refractivity contribution in [3.05, 3.63) is 22.4 Å². The Morgan fingerprint density at radius 1 is 1.41 bits per heavy atom. The van der Waals surface area contributed by atoms with Gasteiger partial charge >= 0.3 is 0 Å². The van der Waals surface area contributed by atoms with E-state index in [1.54, 1.807) is 4.88 Å². The maximum atomic E-state index is 3.66. The van der Waals surface area contributed by atoms with Crippen LogP contribution in [0.25, 0.3) is 9.40 Å². The van der Waals surface area contributed by atoms with Crippen molar-refractivity contribution in [2.75, 3.05) is 6.54 Å². The van der Waals surface area contributed by atoms with Crippen molar-refractivity contribution in [3.63, 3.8) is 0 Å². The van der Waals surface area contributed by atoms with E-state index < -0.39 is 0 Å². The molecule has 1 aliphatic rings. The van der Waals surface area contributed by atoms with Crippen LogP contribution in [0.4, 0.5) is 0 Å². The third kappa shape index (κ3) is 2.42. The Hall–Kier alpha value is -0.380. The van der Waals surface area contributed by atoms with Crippen LogP contribution < -0.4 is 5.32 Å². The van der Waals surface area contributed by atoms with Crippen LogP contribution in [-0.4, -0.2) is 6.54 Å². The molecule has 1 atom stereocenters. The summed E-state index contributed by atoms with van der Waals surface area (Å²) >= 11 is 3.84. The molecule has 1 fully saturated rings. The summed E-state index contributed by atoms with van der Waals surface area (Å²) in [4.78, 5) is 1.54. The number of nitrogens with one attached hydrogen (secondary N) is 1. The van der Waals surface area contributed by atoms with E-state index in [0.29, 0.717) is 6.04 Å². The van der Waals surface area contributed by atoms with Crippen LogP contribution in [0.3, 0.4) is 0 Å². The first-order chi connectivity index (χ1) is 8.36. The summed E-state index contributed by atoms with van der Waals surface area (Å²) in [7, 11) is 0. The molecule has 2 heterocycles. The predicted molar refractivity (Wildman–Crippen MR) is 78.1 cm³/mol. The van der Waals surface area contributed by atoms with Gasteiger partial charge in [0.05, 0.1) is 0 Å². The Labute approximate surface area is 111 Å². The summed E-state index contributed by atoms with van der Waals surface area (Å²) in [5, 5.41) is 5.86. The zero-order valence-corrected chi connectivity index (χ0v) is 11.9. The molecule has 2 aromatic rings. The highest BCUT2D eigenvalue weighted by Gasteiger charge is 2.23. The minimum absolute atomic E-state index is 0.592. The van der Waals surface area contributed by atoms with Crippen molar-refractivity contribution in [1.82, 2.24) is 5.32 Å². The lowest BCUT2D eigenvalue weighted by molar-refractivity contribution is 0.264. The van der Waals surface area contributed by atoms with Crippen molar-refractivity contribution in [2.24, 2.45) is 5.92 Å². The maximum Gasteiger partial charge on any atom is 0.0454 e. The van der Waals surface area contributed by atoms with E-state index in [1.807, 2.05) is 22.7 Å². The Morgan fingerprint density at radius 2 is 2.29 bits per heavy atom. The monoisotopic (exact) mass is 265 g/mol. The molecule has 0 aliphatic heterocycles. The first-order valence-corrected chi connectivity index (χ1v) is 8.26. The van der Waals surface area contributed by atoms with E-state index in [1.165, 1.54) is 35.1 Å². The van der Waals surface area contributed by atoms with Gasteiger partial charge in [0.15, 0.2) is 0 Å². The van der Waals surface area contributed by atoms with Gasteiger partial charge in [0.1, 0.15) is 0 Å². The lowest BCUT2D eigenvalue weighted by Gasteiger charge is -2.29. The Kier molecular flexibility index (Phi) is 3.50. The van der Waals surface area contributed by atoms with Gasteiger partial charge in [0.25, 0.3) is 0 Å². The minimum Gasteiger partial charge on any atom is -0.310 e. The van der Waals surface area contributed by atoms with Gasteiger partial charge in [-0.1, -0.05) is 26.2 Å². The normalized spacial score (nSPS) is 18.4. The molecule has 1 unspecified atom stereocenters. The van der Waals surface area contributed by atoms with E-state index in [9.17, 15) is 0 Å². The zero-order valence-electron chi connectivity index (χ0n) is 10.2. The van der Waals surface area contributed by atoms with E-state index in [-0.39, 0.29) is 0 Å². The van der Waals surface area contributed by atoms with Crippen molar-refractivity contribution in [1.29, 1.82) is 0 Å². The molecule has 0 amide bonds. The molecule has 3 rings (SSSR count). The summed E-state index contributed by atoms with van der Waals surface area (Å²) in [6.45, 7) is 3.28. The van der Waals surface area contributed by atoms with E-state index in [2.05, 4.69) is 29.8 Å². The van der Waals surface area contributed by atoms with E-state index in [4.69, 9.17) is 0 Å². The van der Waals surface area contributed by atoms with Crippen molar-refractivity contribution in [3.8, 4) is 0 Å². The molecule has 1 saturated carbocycles. The molecule has 1 N–H and O–H groups in total. The first-order valence-electron chi connectivity index (χ1n) is 6.57. The minimum atomic E-state index is 0.592. The van der Waals surface area contributed by atoms with Gasteiger partial charge in [0.2, 0.25) is 0 Å². The summed E-state index contributed by atoms with van der Waals surface area (Å²) in [5.74, 6) is 0.971. The second kappa shape index (κ2) is 5.09. The second-order valence-corrected chi connectivity index (χ2v) is 7.00. The number of rotatable bonds is 5. The average Bonchev–Trinajstić information content (AvgIpc) is 2.81. The molecule has 3 heteroatoms. The topological polar surface area (TPSA) is 12.0 Å². The Morgan fingerprint density at radius 3 is 2.94 bits per heavy atom. The standard InChI is InChI=1S/C14H19NS2/c1-2-15-11(8-10-4-3-5-10)13-9-14-12(17-13)6-7-16-14/h6-7,9-11,15H,2-5,8H2,1H3. The number of hydrogen-bond donors (Lipinski definition) is 1. The van der Waals surface area contributed by atoms with Crippen molar-refractivity contribution >= 4 is 32.1 Å². The number of hydrogen-bond acceptors (Lipinski definition) is 3. The predicted octanol–water partition coefficient (Wildman–Crippen LogP) is 4.80. The Bertz CT molecular complexity index is 453. The van der Waals surface area contributed by atoms with Crippen LogP contribution >= 0.6 is 22.7 Å². The first kappa shape index (κ1) is 11.7. The quantitative estimate of drug-likeness (QED) is 0.818. The zero-order chi connectivity index (χ0) is 11.7. The summed E-state index contributed by atoms with van der Waals surface area (Å²) in [6, 6.07) is 5.24. The Balaban J connectivity index is 1.78. The molecule has 0 bridgehead atoms. The van der Waals surface area contributed by atoms with Crippen LogP contribution in [0, 0.1) is 5.92 Å². The molecule has 1 nitrogen and oxygen atoms in total. The van der Waals surface area contributed by atoms with E-state index in [0.717, 1.165) is 12.5 Å². The SMILES string of the molecule is CCNC(CC1CCC1)c1cc2sccc2s1. The molecule has 17 heavy (non-hydrogen) atoms. The van der Waals surface area contributed by atoms with Crippen LogP contribution in [-0.2, 0) is 0 Å². The highest BCUT2D eigenvalue weighted by Crippen LogP contribution is 2.39. The fraction of sp³-hybridized carbons (Fsp3) is 0.571. The molecular formula is C14H19NS2. The highest BCUT2D eigenvalue weighted by molar-refractivity contribution is 7.26. The number of fused-ring (bicyclic) bond motifs is 1. The third-order valence-corrected chi connectivity index (χ3v) is 5.95. The van der Waals surface area contributed by atoms with Gasteiger partial charge in [0, 0.05) is 20.3 Å². The summed E-state index contributed by atoms with van der Waals surface area (Å²) in [6.07, 6.45) is 5.67. The molecule has 2 aromatic heterocycles. The molecule has 92 valence electrons. The van der Waals surface area contributed by atoms with Crippen LogP contribution in [0.2, 0.25) is 0 Å². The van der Waals surface area contributed by atoms with Crippen LogP contribution in [0.5, 0.6) is 0 Å². The fourth-order valence-corrected chi connectivity index (χ4v) is 4.77. The lowest BCUT2D eigenvalue weighted by atomic mass is 9.80. The summed E-state index contributed by atoms with van der Waals surface area (Å²) in [5.41, 5.74) is 0. The average molecular weight is 265 g/mol. The lowest BCUT2D eigenvalue weighted by Crippen LogP contribution is -2.25. The van der Waals surface area contributed by atoms with Gasteiger partial charge in [-0.2, -0.15) is 0 Å². The van der Waals surface area contributed by atoms with Crippen molar-refractivity contribution in [2.45, 2.75) is 38.6 Å². The van der Waals surface area contributed by atoms with Gasteiger partial charge in [-0.15, -0.1) is 22.7 Å². The van der Waals surface area contributed by atoms with Crippen LogP contribution in [0.1, 0.15) is 43.5 Å². The molecule has 0 radical (unpaired) electrons. The maximum absolute atomic E-state index is 3.66. The third-order valence-electron chi connectivity index (χ3n) is 3.75. The van der Waals surface area contributed by atoms with Gasteiger partial charge in [-0.05, 0) is 36.4 Å². The second-order valence-electron chi connectivity index (χ2n) is 4.94. The van der Waals surface area contributed by atoms with Crippen molar-refractivity contribution < 1.29 is 0 Å². The number of thiophene rings is 2. The molecule has 0 aromatic carbocycles. The highest BCUT2D eigenvalue weighted by atomic mass is 32.1. The largest absolute Gasteiger partial charge is 0.310 e. The van der Waals surface area contributed by atoms with E-state index >= 15 is 0 Å². The molecule has 0 spiro atoms. The fourth-order valence-electron chi connectivity index (χ4n) is 2.56. The van der Waals surface area contributed by atoms with Gasteiger partial charge < -0.3 is 5.32 Å². The van der Waals surface area contributed by atoms with Crippen LogP contribution in [0.15, 0.2) is 17.5 Å². The molecule has 1 aliphatic carbocycles. The summed E-state index contributed by atoms with van der Waals surface area (Å²) < 4.78 is 2.92. The van der Waals surface area contributed by atoms with Gasteiger partial charge in [-0.3, -0.25) is 0 Å².